The van der Waals surface area contributed by atoms with Gasteiger partial charge < -0.3 is 18.9 Å². The molecule has 1 aromatic heterocycles. The first-order chi connectivity index (χ1) is 12.0. The molecule has 3 rings (SSSR count). The smallest absolute Gasteiger partial charge is 0.465 e. The van der Waals surface area contributed by atoms with Crippen molar-refractivity contribution in [2.24, 2.45) is 0 Å². The van der Waals surface area contributed by atoms with E-state index in [4.69, 9.17) is 4.74 Å². The Balaban J connectivity index is 2.15. The number of thioether (sulfide) groups is 1. The maximum atomic E-state index is 12.7. The van der Waals surface area contributed by atoms with Crippen LogP contribution >= 0.6 is 11.8 Å². The molecule has 3 heterocycles. The van der Waals surface area contributed by atoms with Crippen LogP contribution in [0.15, 0.2) is 5.16 Å². The summed E-state index contributed by atoms with van der Waals surface area (Å²) in [6, 6.07) is 0. The fourth-order valence-corrected chi connectivity index (χ4v) is 3.61. The Bertz CT molecular complexity index is 857. The van der Waals surface area contributed by atoms with Crippen LogP contribution in [0.3, 0.4) is 0 Å². The van der Waals surface area contributed by atoms with Crippen molar-refractivity contribution in [3.05, 3.63) is 11.3 Å². The molecule has 1 N–H and O–H groups in total. The van der Waals surface area contributed by atoms with Crippen LogP contribution in [-0.4, -0.2) is 66.0 Å². The number of alkyl halides is 3. The zero-order valence-corrected chi connectivity index (χ0v) is 14.7. The normalized spacial score (nSPS) is 19.0. The maximum Gasteiger partial charge on any atom is 0.534 e. The van der Waals surface area contributed by atoms with Crippen LogP contribution in [0, 0.1) is 0 Å². The van der Waals surface area contributed by atoms with Crippen molar-refractivity contribution >= 4 is 28.0 Å². The van der Waals surface area contributed by atoms with E-state index in [1.165, 1.54) is 6.26 Å². The molecule has 2 aliphatic rings. The van der Waals surface area contributed by atoms with Gasteiger partial charge >= 0.3 is 21.7 Å². The predicted octanol–water partition coefficient (Wildman–Crippen LogP) is 1.19. The van der Waals surface area contributed by atoms with Crippen LogP contribution < -0.4 is 4.18 Å². The molecular formula is C12H12F3N3O6S2. The minimum absolute atomic E-state index is 0.0197. The molecule has 26 heavy (non-hydrogen) atoms. The number of rotatable bonds is 3. The van der Waals surface area contributed by atoms with Gasteiger partial charge in [0.25, 0.3) is 0 Å². The van der Waals surface area contributed by atoms with Gasteiger partial charge in [0.15, 0.2) is 5.16 Å². The Kier molecular flexibility index (Phi) is 4.47. The number of ether oxygens (including phenoxy) is 1. The van der Waals surface area contributed by atoms with E-state index in [1.807, 2.05) is 0 Å². The minimum Gasteiger partial charge on any atom is -0.465 e. The number of halogens is 3. The number of carboxylic acid groups (broad SMARTS) is 1. The van der Waals surface area contributed by atoms with Crippen LogP contribution in [-0.2, 0) is 26.8 Å². The van der Waals surface area contributed by atoms with Crippen molar-refractivity contribution in [2.45, 2.75) is 22.6 Å². The fourth-order valence-electron chi connectivity index (χ4n) is 2.81. The third kappa shape index (κ3) is 3.05. The zero-order chi connectivity index (χ0) is 19.3. The molecule has 1 amide bonds. The lowest BCUT2D eigenvalue weighted by Gasteiger charge is -2.47. The summed E-state index contributed by atoms with van der Waals surface area (Å²) in [7, 11) is -5.94. The highest BCUT2D eigenvalue weighted by atomic mass is 32.2. The molecule has 0 aromatic carbocycles. The number of fused-ring (bicyclic) bond motifs is 2. The molecular weight excluding hydrogens is 403 g/mol. The quantitative estimate of drug-likeness (QED) is 0.336. The number of nitrogens with zero attached hydrogens (tertiary/aromatic N) is 3. The molecule has 2 aliphatic heterocycles. The van der Waals surface area contributed by atoms with Crippen molar-refractivity contribution in [1.29, 1.82) is 0 Å². The van der Waals surface area contributed by atoms with Gasteiger partial charge in [0.05, 0.1) is 36.4 Å². The van der Waals surface area contributed by atoms with E-state index in [0.717, 1.165) is 16.7 Å². The van der Waals surface area contributed by atoms with E-state index in [-0.39, 0.29) is 42.7 Å². The van der Waals surface area contributed by atoms with Crippen LogP contribution in [0.25, 0.3) is 0 Å². The Morgan fingerprint density at radius 3 is 2.50 bits per heavy atom. The summed E-state index contributed by atoms with van der Waals surface area (Å²) < 4.78 is 70.4. The summed E-state index contributed by atoms with van der Waals surface area (Å²) in [5.41, 5.74) is -6.56. The highest BCUT2D eigenvalue weighted by molar-refractivity contribution is 7.98. The molecule has 0 radical (unpaired) electrons. The fraction of sp³-hybridized carbons (Fsp3) is 0.583. The van der Waals surface area contributed by atoms with E-state index >= 15 is 0 Å². The van der Waals surface area contributed by atoms with Gasteiger partial charge in [-0.1, -0.05) is 11.8 Å². The summed E-state index contributed by atoms with van der Waals surface area (Å²) in [5.74, 6) is -0.745. The molecule has 9 nitrogen and oxygen atoms in total. The van der Waals surface area contributed by atoms with Gasteiger partial charge in [0.1, 0.15) is 0 Å². The number of aromatic nitrogens is 2. The first kappa shape index (κ1) is 19.0. The van der Waals surface area contributed by atoms with Gasteiger partial charge in [0, 0.05) is 6.54 Å². The van der Waals surface area contributed by atoms with Crippen LogP contribution in [0.2, 0.25) is 0 Å². The lowest BCUT2D eigenvalue weighted by molar-refractivity contribution is -0.0803. The van der Waals surface area contributed by atoms with Gasteiger partial charge in [-0.15, -0.1) is 0 Å². The summed E-state index contributed by atoms with van der Waals surface area (Å²) in [6.07, 6.45) is 0.292. The second-order valence-corrected chi connectivity index (χ2v) is 8.04. The number of amides is 1. The number of hydrogen-bond acceptors (Lipinski definition) is 8. The van der Waals surface area contributed by atoms with Crippen molar-refractivity contribution in [3.63, 3.8) is 0 Å². The molecule has 144 valence electrons. The number of hydrogen-bond donors (Lipinski definition) is 1. The predicted molar refractivity (Wildman–Crippen MR) is 80.3 cm³/mol. The average Bonchev–Trinajstić information content (AvgIpc) is 2.50. The zero-order valence-electron chi connectivity index (χ0n) is 13.1. The molecule has 0 atom stereocenters. The molecule has 1 saturated heterocycles. The molecule has 14 heteroatoms. The molecule has 0 bridgehead atoms. The van der Waals surface area contributed by atoms with E-state index < -0.39 is 33.0 Å². The Hall–Kier alpha value is -1.80. The SMILES string of the molecule is CSc1nc2c(c(OS(=O)(=O)C(F)(F)F)n1)C1(COC1)CN(C(=O)O)C2. The highest BCUT2D eigenvalue weighted by Gasteiger charge is 2.53. The third-order valence-electron chi connectivity index (χ3n) is 3.98. The van der Waals surface area contributed by atoms with Gasteiger partial charge in [0.2, 0.25) is 5.88 Å². The summed E-state index contributed by atoms with van der Waals surface area (Å²) in [4.78, 5) is 20.3. The van der Waals surface area contributed by atoms with Gasteiger partial charge in [-0.05, 0) is 6.26 Å². The van der Waals surface area contributed by atoms with Crippen molar-refractivity contribution in [3.8, 4) is 5.88 Å². The second-order valence-electron chi connectivity index (χ2n) is 5.73. The molecule has 0 unspecified atom stereocenters. The van der Waals surface area contributed by atoms with Gasteiger partial charge in [-0.3, -0.25) is 0 Å². The molecule has 0 aliphatic carbocycles. The Morgan fingerprint density at radius 1 is 1.38 bits per heavy atom. The summed E-state index contributed by atoms with van der Waals surface area (Å²) in [5, 5.41) is 9.22. The Labute approximate surface area is 149 Å². The Morgan fingerprint density at radius 2 is 2.04 bits per heavy atom. The average molecular weight is 415 g/mol. The molecule has 1 aromatic rings. The first-order valence-corrected chi connectivity index (χ1v) is 9.64. The van der Waals surface area contributed by atoms with E-state index in [9.17, 15) is 31.5 Å². The highest BCUT2D eigenvalue weighted by Crippen LogP contribution is 2.44. The van der Waals surface area contributed by atoms with Crippen LogP contribution in [0.1, 0.15) is 11.3 Å². The first-order valence-electron chi connectivity index (χ1n) is 7.01. The van der Waals surface area contributed by atoms with Crippen molar-refractivity contribution in [2.75, 3.05) is 26.0 Å². The molecule has 1 fully saturated rings. The van der Waals surface area contributed by atoms with Gasteiger partial charge in [-0.25, -0.2) is 9.78 Å². The van der Waals surface area contributed by atoms with Crippen molar-refractivity contribution in [1.82, 2.24) is 14.9 Å². The topological polar surface area (TPSA) is 119 Å². The van der Waals surface area contributed by atoms with E-state index in [0.29, 0.717) is 0 Å². The van der Waals surface area contributed by atoms with Crippen LogP contribution in [0.4, 0.5) is 18.0 Å². The lowest BCUT2D eigenvalue weighted by Crippen LogP contribution is -2.58. The lowest BCUT2D eigenvalue weighted by atomic mass is 9.75. The third-order valence-corrected chi connectivity index (χ3v) is 5.47. The molecule has 0 saturated carbocycles. The summed E-state index contributed by atoms with van der Waals surface area (Å²) >= 11 is 0.949. The minimum atomic E-state index is -5.94. The monoisotopic (exact) mass is 415 g/mol. The maximum absolute atomic E-state index is 12.7. The van der Waals surface area contributed by atoms with Gasteiger partial charge in [-0.2, -0.15) is 26.6 Å². The van der Waals surface area contributed by atoms with E-state index in [2.05, 4.69) is 14.2 Å². The van der Waals surface area contributed by atoms with Crippen LogP contribution in [0.5, 0.6) is 5.88 Å². The molecule has 1 spiro atoms. The second kappa shape index (κ2) is 6.13. The van der Waals surface area contributed by atoms with Crippen molar-refractivity contribution < 1.29 is 40.4 Å². The summed E-state index contributed by atoms with van der Waals surface area (Å²) in [6.45, 7) is -0.368. The van der Waals surface area contributed by atoms with E-state index in [1.54, 1.807) is 0 Å². The standard InChI is InChI=1S/C12H12F3N3O6S2/c1-25-9-16-6-2-18(10(19)20)3-11(4-23-5-11)7(6)8(17-9)24-26(21,22)12(13,14)15/h2-5H2,1H3,(H,19,20). The largest absolute Gasteiger partial charge is 0.534 e. The number of carbonyl (C=O) groups is 1.